The van der Waals surface area contributed by atoms with Gasteiger partial charge in [-0.05, 0) is 19.4 Å². The van der Waals surface area contributed by atoms with Crippen LogP contribution in [0, 0.1) is 6.92 Å². The van der Waals surface area contributed by atoms with E-state index in [1.54, 1.807) is 4.57 Å². The van der Waals surface area contributed by atoms with Crippen LogP contribution in [0.1, 0.15) is 35.0 Å². The number of likely N-dealkylation sites (tertiary alicyclic amines) is 1. The summed E-state index contributed by atoms with van der Waals surface area (Å²) in [6, 6.07) is 0. The Morgan fingerprint density at radius 3 is 2.71 bits per heavy atom. The van der Waals surface area contributed by atoms with E-state index in [1.165, 1.54) is 17.7 Å². The fourth-order valence-corrected chi connectivity index (χ4v) is 4.92. The molecule has 4 rings (SSSR count). The first-order valence-corrected chi connectivity index (χ1v) is 10.5. The van der Waals surface area contributed by atoms with Crippen LogP contribution in [0.3, 0.4) is 0 Å². The number of amides is 1. The van der Waals surface area contributed by atoms with Gasteiger partial charge in [0.2, 0.25) is 0 Å². The van der Waals surface area contributed by atoms with Crippen LogP contribution in [0.25, 0.3) is 10.2 Å². The van der Waals surface area contributed by atoms with Crippen molar-refractivity contribution in [2.24, 2.45) is 0 Å². The molecule has 0 N–H and O–H groups in total. The van der Waals surface area contributed by atoms with E-state index in [0.717, 1.165) is 0 Å². The van der Waals surface area contributed by atoms with Crippen molar-refractivity contribution in [2.75, 3.05) is 39.5 Å². The number of aryl methyl sites for hydroxylation is 1. The van der Waals surface area contributed by atoms with Crippen LogP contribution in [0.15, 0.2) is 11.1 Å². The Hall–Kier alpha value is -1.81. The summed E-state index contributed by atoms with van der Waals surface area (Å²) in [6.07, 6.45) is 2.88. The van der Waals surface area contributed by atoms with Crippen molar-refractivity contribution in [3.63, 3.8) is 0 Å². The Bertz CT molecular complexity index is 922. The highest BCUT2D eigenvalue weighted by Gasteiger charge is 2.41. The van der Waals surface area contributed by atoms with Crippen molar-refractivity contribution in [3.8, 4) is 0 Å². The standard InChI is InChI=1S/C19H25N3O5S/c1-3-25-9-8-22-12-20-16-14(17(22)23)13(2)15(28-16)18(24)21-6-4-19(5-7-21)26-10-11-27-19/h12H,3-11H2,1-2H3. The van der Waals surface area contributed by atoms with Crippen LogP contribution in [0.4, 0.5) is 0 Å². The minimum absolute atomic E-state index is 0.0476. The zero-order chi connectivity index (χ0) is 19.7. The Kier molecular flexibility index (Phi) is 5.50. The van der Waals surface area contributed by atoms with E-state index in [1.807, 2.05) is 18.7 Å². The second kappa shape index (κ2) is 7.90. The summed E-state index contributed by atoms with van der Waals surface area (Å²) in [5.41, 5.74) is 0.588. The number of thiophene rings is 1. The van der Waals surface area contributed by atoms with Crippen LogP contribution < -0.4 is 5.56 Å². The van der Waals surface area contributed by atoms with Gasteiger partial charge < -0.3 is 19.1 Å². The lowest BCUT2D eigenvalue weighted by molar-refractivity contribution is -0.181. The lowest BCUT2D eigenvalue weighted by Gasteiger charge is -2.37. The summed E-state index contributed by atoms with van der Waals surface area (Å²) < 4.78 is 18.3. The molecule has 152 valence electrons. The summed E-state index contributed by atoms with van der Waals surface area (Å²) in [7, 11) is 0. The van der Waals surface area contributed by atoms with E-state index >= 15 is 0 Å². The molecule has 2 aliphatic rings. The molecule has 2 aliphatic heterocycles. The van der Waals surface area contributed by atoms with Crippen LogP contribution in [0.2, 0.25) is 0 Å². The molecule has 0 unspecified atom stereocenters. The van der Waals surface area contributed by atoms with E-state index in [4.69, 9.17) is 14.2 Å². The molecule has 0 atom stereocenters. The van der Waals surface area contributed by atoms with Gasteiger partial charge in [-0.2, -0.15) is 0 Å². The number of carbonyl (C=O) groups excluding carboxylic acids is 1. The van der Waals surface area contributed by atoms with Crippen molar-refractivity contribution in [1.82, 2.24) is 14.5 Å². The van der Waals surface area contributed by atoms with Crippen molar-refractivity contribution in [1.29, 1.82) is 0 Å². The number of aromatic nitrogens is 2. The number of carbonyl (C=O) groups is 1. The molecular formula is C19H25N3O5S. The number of piperidine rings is 1. The average molecular weight is 407 g/mol. The zero-order valence-electron chi connectivity index (χ0n) is 16.2. The number of fused-ring (bicyclic) bond motifs is 1. The zero-order valence-corrected chi connectivity index (χ0v) is 17.0. The maximum absolute atomic E-state index is 13.1. The molecule has 4 heterocycles. The van der Waals surface area contributed by atoms with Gasteiger partial charge in [-0.1, -0.05) is 0 Å². The highest BCUT2D eigenvalue weighted by atomic mass is 32.1. The van der Waals surface area contributed by atoms with Crippen LogP contribution >= 0.6 is 11.3 Å². The first-order chi connectivity index (χ1) is 13.5. The summed E-state index contributed by atoms with van der Waals surface area (Å²) in [6.45, 7) is 7.65. The number of hydrogen-bond acceptors (Lipinski definition) is 7. The number of ether oxygens (including phenoxy) is 3. The van der Waals surface area contributed by atoms with E-state index in [2.05, 4.69) is 4.98 Å². The van der Waals surface area contributed by atoms with Gasteiger partial charge in [0.1, 0.15) is 4.83 Å². The lowest BCUT2D eigenvalue weighted by Crippen LogP contribution is -2.47. The second-order valence-electron chi connectivity index (χ2n) is 7.08. The highest BCUT2D eigenvalue weighted by molar-refractivity contribution is 7.20. The van der Waals surface area contributed by atoms with Crippen molar-refractivity contribution in [2.45, 2.75) is 39.0 Å². The molecule has 2 aromatic rings. The minimum Gasteiger partial charge on any atom is -0.380 e. The molecule has 0 aliphatic carbocycles. The maximum atomic E-state index is 13.1. The molecule has 1 amide bonds. The molecule has 0 radical (unpaired) electrons. The molecule has 2 aromatic heterocycles. The van der Waals surface area contributed by atoms with Gasteiger partial charge in [-0.15, -0.1) is 11.3 Å². The topological polar surface area (TPSA) is 82.9 Å². The Labute approximate surface area is 167 Å². The third kappa shape index (κ3) is 3.47. The Morgan fingerprint density at radius 1 is 1.32 bits per heavy atom. The SMILES string of the molecule is CCOCCn1cnc2sc(C(=O)N3CCC4(CC3)OCCO4)c(C)c2c1=O. The third-order valence-corrected chi connectivity index (χ3v) is 6.61. The van der Waals surface area contributed by atoms with Crippen LogP contribution in [-0.2, 0) is 20.8 Å². The molecule has 2 saturated heterocycles. The van der Waals surface area contributed by atoms with Gasteiger partial charge in [0.15, 0.2) is 5.79 Å². The van der Waals surface area contributed by atoms with Crippen molar-refractivity contribution in [3.05, 3.63) is 27.1 Å². The van der Waals surface area contributed by atoms with E-state index < -0.39 is 5.79 Å². The lowest BCUT2D eigenvalue weighted by atomic mass is 10.0. The van der Waals surface area contributed by atoms with E-state index in [9.17, 15) is 9.59 Å². The second-order valence-corrected chi connectivity index (χ2v) is 8.08. The molecule has 8 nitrogen and oxygen atoms in total. The first kappa shape index (κ1) is 19.5. The summed E-state index contributed by atoms with van der Waals surface area (Å²) in [5, 5.41) is 0.531. The summed E-state index contributed by atoms with van der Waals surface area (Å²) >= 11 is 1.29. The molecule has 1 spiro atoms. The van der Waals surface area contributed by atoms with Gasteiger partial charge >= 0.3 is 0 Å². The van der Waals surface area contributed by atoms with Crippen molar-refractivity contribution >= 4 is 27.5 Å². The van der Waals surface area contributed by atoms with Gasteiger partial charge in [-0.25, -0.2) is 4.98 Å². The van der Waals surface area contributed by atoms with E-state index in [0.29, 0.717) is 79.6 Å². The normalized spacial score (nSPS) is 19.0. The van der Waals surface area contributed by atoms with Crippen molar-refractivity contribution < 1.29 is 19.0 Å². The molecule has 0 aromatic carbocycles. The highest BCUT2D eigenvalue weighted by Crippen LogP contribution is 2.33. The average Bonchev–Trinajstić information content (AvgIpc) is 3.29. The largest absolute Gasteiger partial charge is 0.380 e. The molecule has 0 saturated carbocycles. The smallest absolute Gasteiger partial charge is 0.264 e. The van der Waals surface area contributed by atoms with E-state index in [-0.39, 0.29) is 11.5 Å². The predicted octanol–water partition coefficient (Wildman–Crippen LogP) is 1.78. The number of hydrogen-bond donors (Lipinski definition) is 0. The van der Waals surface area contributed by atoms with Gasteiger partial charge in [0, 0.05) is 32.5 Å². The molecule has 28 heavy (non-hydrogen) atoms. The van der Waals surface area contributed by atoms with Gasteiger partial charge in [-0.3, -0.25) is 14.2 Å². The molecule has 9 heteroatoms. The third-order valence-electron chi connectivity index (χ3n) is 5.42. The number of nitrogens with zero attached hydrogens (tertiary/aromatic N) is 3. The Balaban J connectivity index is 1.55. The molecule has 2 fully saturated rings. The monoisotopic (exact) mass is 407 g/mol. The molecular weight excluding hydrogens is 382 g/mol. The number of rotatable bonds is 5. The first-order valence-electron chi connectivity index (χ1n) is 9.68. The minimum atomic E-state index is -0.512. The predicted molar refractivity (Wildman–Crippen MR) is 105 cm³/mol. The summed E-state index contributed by atoms with van der Waals surface area (Å²) in [4.78, 5) is 33.4. The fourth-order valence-electron chi connectivity index (χ4n) is 3.81. The van der Waals surface area contributed by atoms with Gasteiger partial charge in [0.25, 0.3) is 11.5 Å². The van der Waals surface area contributed by atoms with Crippen LogP contribution in [0.5, 0.6) is 0 Å². The van der Waals surface area contributed by atoms with Crippen LogP contribution in [-0.4, -0.2) is 65.7 Å². The maximum Gasteiger partial charge on any atom is 0.264 e. The fraction of sp³-hybridized carbons (Fsp3) is 0.632. The molecule has 0 bridgehead atoms. The van der Waals surface area contributed by atoms with Gasteiger partial charge in [0.05, 0.1) is 43.0 Å². The Morgan fingerprint density at radius 2 is 2.04 bits per heavy atom. The quantitative estimate of drug-likeness (QED) is 0.703. The summed E-state index contributed by atoms with van der Waals surface area (Å²) in [5.74, 6) is -0.560.